The van der Waals surface area contributed by atoms with Crippen molar-refractivity contribution in [2.45, 2.75) is 24.6 Å². The van der Waals surface area contributed by atoms with Crippen LogP contribution in [-0.4, -0.2) is 12.6 Å². The molecule has 1 N–H and O–H groups in total. The van der Waals surface area contributed by atoms with Gasteiger partial charge in [0.25, 0.3) is 0 Å². The molecule has 2 aliphatic heterocycles. The lowest BCUT2D eigenvalue weighted by atomic mass is 9.69. The van der Waals surface area contributed by atoms with Gasteiger partial charge in [-0.25, -0.2) is 0 Å². The molecule has 1 aliphatic carbocycles. The highest BCUT2D eigenvalue weighted by Crippen LogP contribution is 2.49. The minimum Gasteiger partial charge on any atom is -0.313 e. The van der Waals surface area contributed by atoms with Crippen molar-refractivity contribution in [3.63, 3.8) is 0 Å². The van der Waals surface area contributed by atoms with E-state index in [1.54, 1.807) is 18.2 Å². The number of halogens is 3. The molecular weight excluding hydrogens is 263 g/mol. The topological polar surface area (TPSA) is 12.0 Å². The third-order valence-corrected chi connectivity index (χ3v) is 4.76. The molecule has 2 heterocycles. The summed E-state index contributed by atoms with van der Waals surface area (Å²) in [7, 11) is 0. The lowest BCUT2D eigenvalue weighted by molar-refractivity contribution is -0.136. The first-order chi connectivity index (χ1) is 9.55. The maximum Gasteiger partial charge on any atom is 0.417 e. The highest BCUT2D eigenvalue weighted by Gasteiger charge is 2.48. The van der Waals surface area contributed by atoms with E-state index in [2.05, 4.69) is 5.32 Å². The molecule has 3 atom stereocenters. The molecule has 0 radical (unpaired) electrons. The summed E-state index contributed by atoms with van der Waals surface area (Å²) in [5.41, 5.74) is 0.538. The highest BCUT2D eigenvalue weighted by atomic mass is 19.4. The molecule has 2 aromatic carbocycles. The van der Waals surface area contributed by atoms with Gasteiger partial charge in [0, 0.05) is 12.0 Å². The van der Waals surface area contributed by atoms with E-state index in [0.29, 0.717) is 23.3 Å². The first-order valence-corrected chi connectivity index (χ1v) is 6.88. The SMILES string of the molecule is FC(F)(F)c1ccc(C2C3CNC2C3)c2ccccc12. The molecule has 3 unspecified atom stereocenters. The summed E-state index contributed by atoms with van der Waals surface area (Å²) in [6.07, 6.45) is -3.14. The van der Waals surface area contributed by atoms with Crippen molar-refractivity contribution in [3.05, 3.63) is 47.5 Å². The third-order valence-electron chi connectivity index (χ3n) is 4.76. The van der Waals surface area contributed by atoms with Crippen LogP contribution in [0.1, 0.15) is 23.5 Å². The molecule has 2 bridgehead atoms. The number of nitrogens with one attached hydrogen (secondary N) is 1. The van der Waals surface area contributed by atoms with Crippen molar-refractivity contribution in [1.29, 1.82) is 0 Å². The van der Waals surface area contributed by atoms with Crippen LogP contribution in [0.15, 0.2) is 36.4 Å². The first-order valence-electron chi connectivity index (χ1n) is 6.88. The van der Waals surface area contributed by atoms with Gasteiger partial charge in [0.05, 0.1) is 5.56 Å². The average Bonchev–Trinajstić information content (AvgIpc) is 3.01. The lowest BCUT2D eigenvalue weighted by Gasteiger charge is -2.36. The summed E-state index contributed by atoms with van der Waals surface area (Å²) in [6, 6.07) is 10.3. The summed E-state index contributed by atoms with van der Waals surface area (Å²) in [5, 5.41) is 4.51. The molecule has 0 amide bonds. The van der Waals surface area contributed by atoms with Crippen LogP contribution in [0.2, 0.25) is 0 Å². The molecule has 3 aliphatic rings. The quantitative estimate of drug-likeness (QED) is 0.832. The number of fused-ring (bicyclic) bond motifs is 2. The Bertz CT molecular complexity index is 663. The summed E-state index contributed by atoms with van der Waals surface area (Å²) in [5.74, 6) is 0.960. The van der Waals surface area contributed by atoms with Gasteiger partial charge in [-0.1, -0.05) is 30.3 Å². The number of hydrogen-bond acceptors (Lipinski definition) is 1. The van der Waals surface area contributed by atoms with Gasteiger partial charge in [-0.2, -0.15) is 13.2 Å². The van der Waals surface area contributed by atoms with E-state index in [1.807, 2.05) is 12.1 Å². The molecule has 0 spiro atoms. The normalized spacial score (nSPS) is 28.6. The maximum absolute atomic E-state index is 13.1. The lowest BCUT2D eigenvalue weighted by Crippen LogP contribution is -2.34. The van der Waals surface area contributed by atoms with Crippen LogP contribution in [0.25, 0.3) is 10.8 Å². The second-order valence-corrected chi connectivity index (χ2v) is 5.78. The van der Waals surface area contributed by atoms with Gasteiger partial charge in [-0.15, -0.1) is 0 Å². The molecule has 1 saturated carbocycles. The number of alkyl halides is 3. The van der Waals surface area contributed by atoms with E-state index in [9.17, 15) is 13.2 Å². The summed E-state index contributed by atoms with van der Waals surface area (Å²) >= 11 is 0. The molecule has 0 aromatic heterocycles. The molecule has 4 heteroatoms. The van der Waals surface area contributed by atoms with E-state index in [-0.39, 0.29) is 0 Å². The second kappa shape index (κ2) is 3.98. The van der Waals surface area contributed by atoms with Crippen molar-refractivity contribution < 1.29 is 13.2 Å². The van der Waals surface area contributed by atoms with Crippen molar-refractivity contribution in [2.24, 2.45) is 5.92 Å². The van der Waals surface area contributed by atoms with Gasteiger partial charge in [-0.3, -0.25) is 0 Å². The van der Waals surface area contributed by atoms with Gasteiger partial charge in [0.15, 0.2) is 0 Å². The van der Waals surface area contributed by atoms with Crippen molar-refractivity contribution in [3.8, 4) is 0 Å². The zero-order valence-electron chi connectivity index (χ0n) is 10.7. The zero-order valence-corrected chi connectivity index (χ0v) is 10.7. The summed E-state index contributed by atoms with van der Waals surface area (Å²) in [4.78, 5) is 0. The summed E-state index contributed by atoms with van der Waals surface area (Å²) < 4.78 is 39.3. The molecule has 2 saturated heterocycles. The average molecular weight is 277 g/mol. The fourth-order valence-corrected chi connectivity index (χ4v) is 3.81. The zero-order chi connectivity index (χ0) is 13.9. The Morgan fingerprint density at radius 1 is 1.00 bits per heavy atom. The van der Waals surface area contributed by atoms with Gasteiger partial charge in [0.1, 0.15) is 0 Å². The summed E-state index contributed by atoms with van der Waals surface area (Å²) in [6.45, 7) is 0.991. The first kappa shape index (κ1) is 12.2. The molecule has 1 nitrogen and oxygen atoms in total. The Labute approximate surface area is 114 Å². The van der Waals surface area contributed by atoms with Crippen LogP contribution in [0, 0.1) is 5.92 Å². The van der Waals surface area contributed by atoms with E-state index in [1.165, 1.54) is 6.07 Å². The predicted molar refractivity (Wildman–Crippen MR) is 71.6 cm³/mol. The van der Waals surface area contributed by atoms with Crippen LogP contribution in [0.3, 0.4) is 0 Å². The fraction of sp³-hybridized carbons (Fsp3) is 0.375. The van der Waals surface area contributed by atoms with Crippen molar-refractivity contribution >= 4 is 10.8 Å². The number of hydrogen-bond donors (Lipinski definition) is 1. The van der Waals surface area contributed by atoms with Crippen molar-refractivity contribution in [2.75, 3.05) is 6.54 Å². The monoisotopic (exact) mass is 277 g/mol. The third kappa shape index (κ3) is 1.61. The molecule has 20 heavy (non-hydrogen) atoms. The van der Waals surface area contributed by atoms with Gasteiger partial charge in [0.2, 0.25) is 0 Å². The predicted octanol–water partition coefficient (Wildman–Crippen LogP) is 3.93. The Morgan fingerprint density at radius 2 is 1.75 bits per heavy atom. The molecule has 3 fully saturated rings. The largest absolute Gasteiger partial charge is 0.417 e. The minimum absolute atomic E-state index is 0.323. The fourth-order valence-electron chi connectivity index (χ4n) is 3.81. The van der Waals surface area contributed by atoms with Gasteiger partial charge >= 0.3 is 6.18 Å². The molecule has 104 valence electrons. The van der Waals surface area contributed by atoms with Crippen LogP contribution in [0.4, 0.5) is 13.2 Å². The second-order valence-electron chi connectivity index (χ2n) is 5.78. The minimum atomic E-state index is -4.30. The van der Waals surface area contributed by atoms with Gasteiger partial charge in [-0.05, 0) is 41.3 Å². The van der Waals surface area contributed by atoms with Crippen LogP contribution < -0.4 is 5.32 Å². The number of rotatable bonds is 1. The molecular formula is C16H14F3N. The smallest absolute Gasteiger partial charge is 0.313 e. The standard InChI is InChI=1S/C16H14F3N/c17-16(18,19)13-6-5-12(10-3-1-2-4-11(10)13)15-9-7-14(15)20-8-9/h1-6,9,14-15,20H,7-8H2. The van der Waals surface area contributed by atoms with Crippen molar-refractivity contribution in [1.82, 2.24) is 5.32 Å². The molecule has 5 rings (SSSR count). The van der Waals surface area contributed by atoms with Crippen LogP contribution in [0.5, 0.6) is 0 Å². The Balaban J connectivity index is 1.92. The van der Waals surface area contributed by atoms with E-state index >= 15 is 0 Å². The van der Waals surface area contributed by atoms with Crippen LogP contribution in [-0.2, 0) is 6.18 Å². The Kier molecular flexibility index (Phi) is 2.43. The maximum atomic E-state index is 13.1. The van der Waals surface area contributed by atoms with E-state index < -0.39 is 11.7 Å². The Morgan fingerprint density at radius 3 is 2.35 bits per heavy atom. The highest BCUT2D eigenvalue weighted by molar-refractivity contribution is 5.90. The number of benzene rings is 2. The molecule has 2 aromatic rings. The van der Waals surface area contributed by atoms with E-state index in [4.69, 9.17) is 0 Å². The Hall–Kier alpha value is -1.55. The van der Waals surface area contributed by atoms with Gasteiger partial charge < -0.3 is 5.32 Å². The van der Waals surface area contributed by atoms with Crippen LogP contribution >= 0.6 is 0 Å². The van der Waals surface area contributed by atoms with E-state index in [0.717, 1.165) is 23.9 Å².